The smallest absolute Gasteiger partial charge is 0.0597 e. The Hall–Kier alpha value is -0.120. The Morgan fingerprint density at radius 3 is 2.71 bits per heavy atom. The molecule has 2 rings (SSSR count). The van der Waals surface area contributed by atoms with Crippen LogP contribution in [0.1, 0.15) is 46.0 Å². The molecule has 0 bridgehead atoms. The van der Waals surface area contributed by atoms with E-state index in [1.165, 1.54) is 38.6 Å². The Morgan fingerprint density at radius 2 is 2.00 bits per heavy atom. The molecule has 3 nitrogen and oxygen atoms in total. The van der Waals surface area contributed by atoms with Gasteiger partial charge in [0.05, 0.1) is 6.61 Å². The summed E-state index contributed by atoms with van der Waals surface area (Å²) in [7, 11) is 0. The van der Waals surface area contributed by atoms with Gasteiger partial charge in [-0.05, 0) is 38.1 Å². The highest BCUT2D eigenvalue weighted by Crippen LogP contribution is 2.36. The number of likely N-dealkylation sites (tertiary alicyclic amines) is 1. The van der Waals surface area contributed by atoms with Crippen LogP contribution < -0.4 is 5.32 Å². The SMILES string of the molecule is CC(C)NC(CO)CN1CCCC2CCCC21. The predicted molar refractivity (Wildman–Crippen MR) is 71.1 cm³/mol. The minimum Gasteiger partial charge on any atom is -0.395 e. The third-order valence-electron chi connectivity index (χ3n) is 4.35. The molecule has 3 unspecified atom stereocenters. The first-order valence-electron chi connectivity index (χ1n) is 7.31. The van der Waals surface area contributed by atoms with E-state index in [1.807, 2.05) is 0 Å². The van der Waals surface area contributed by atoms with Crippen molar-refractivity contribution in [2.45, 2.75) is 64.1 Å². The van der Waals surface area contributed by atoms with Crippen molar-refractivity contribution in [1.82, 2.24) is 10.2 Å². The number of hydrogen-bond donors (Lipinski definition) is 2. The highest BCUT2D eigenvalue weighted by atomic mass is 16.3. The van der Waals surface area contributed by atoms with Crippen LogP contribution in [-0.2, 0) is 0 Å². The summed E-state index contributed by atoms with van der Waals surface area (Å²) in [5, 5.41) is 12.9. The van der Waals surface area contributed by atoms with Crippen LogP contribution in [0.5, 0.6) is 0 Å². The maximum atomic E-state index is 9.46. The minimum absolute atomic E-state index is 0.245. The molecule has 1 aliphatic carbocycles. The molecule has 1 saturated heterocycles. The fourth-order valence-corrected chi connectivity index (χ4v) is 3.70. The second kappa shape index (κ2) is 6.17. The molecule has 3 heteroatoms. The molecule has 100 valence electrons. The monoisotopic (exact) mass is 240 g/mol. The fraction of sp³-hybridized carbons (Fsp3) is 1.00. The van der Waals surface area contributed by atoms with Gasteiger partial charge in [0, 0.05) is 24.7 Å². The number of hydrogen-bond acceptors (Lipinski definition) is 3. The Bertz CT molecular complexity index is 232. The van der Waals surface area contributed by atoms with Crippen LogP contribution in [-0.4, -0.2) is 47.8 Å². The number of nitrogens with one attached hydrogen (secondary N) is 1. The molecule has 0 amide bonds. The highest BCUT2D eigenvalue weighted by molar-refractivity contribution is 4.90. The largest absolute Gasteiger partial charge is 0.395 e. The molecular weight excluding hydrogens is 212 g/mol. The topological polar surface area (TPSA) is 35.5 Å². The molecule has 1 heterocycles. The van der Waals surface area contributed by atoms with Gasteiger partial charge < -0.3 is 10.4 Å². The van der Waals surface area contributed by atoms with Crippen LogP contribution in [0.3, 0.4) is 0 Å². The second-order valence-corrected chi connectivity index (χ2v) is 6.10. The van der Waals surface area contributed by atoms with Gasteiger partial charge in [-0.3, -0.25) is 4.90 Å². The summed E-state index contributed by atoms with van der Waals surface area (Å²) in [5.74, 6) is 0.946. The summed E-state index contributed by atoms with van der Waals surface area (Å²) in [5.41, 5.74) is 0. The summed E-state index contributed by atoms with van der Waals surface area (Å²) in [6, 6.07) is 1.51. The maximum Gasteiger partial charge on any atom is 0.0597 e. The highest BCUT2D eigenvalue weighted by Gasteiger charge is 2.35. The Morgan fingerprint density at radius 1 is 1.24 bits per heavy atom. The number of aliphatic hydroxyl groups is 1. The normalized spacial score (nSPS) is 31.8. The van der Waals surface area contributed by atoms with Gasteiger partial charge in [0.1, 0.15) is 0 Å². The fourth-order valence-electron chi connectivity index (χ4n) is 3.70. The number of piperidine rings is 1. The molecule has 0 aromatic carbocycles. The Kier molecular flexibility index (Phi) is 4.83. The Labute approximate surface area is 106 Å². The van der Waals surface area contributed by atoms with Crippen LogP contribution in [0, 0.1) is 5.92 Å². The van der Waals surface area contributed by atoms with E-state index in [1.54, 1.807) is 0 Å². The molecule has 0 radical (unpaired) electrons. The van der Waals surface area contributed by atoms with Crippen molar-refractivity contribution in [3.63, 3.8) is 0 Å². The van der Waals surface area contributed by atoms with Crippen LogP contribution in [0.2, 0.25) is 0 Å². The van der Waals surface area contributed by atoms with Crippen molar-refractivity contribution in [1.29, 1.82) is 0 Å². The lowest BCUT2D eigenvalue weighted by atomic mass is 9.91. The van der Waals surface area contributed by atoms with Crippen LogP contribution in [0.15, 0.2) is 0 Å². The summed E-state index contributed by atoms with van der Waals surface area (Å²) >= 11 is 0. The lowest BCUT2D eigenvalue weighted by Gasteiger charge is -2.39. The number of aliphatic hydroxyl groups excluding tert-OH is 1. The predicted octanol–water partition coefficient (Wildman–Crippen LogP) is 1.61. The molecular formula is C14H28N2O. The molecule has 0 aromatic rings. The van der Waals surface area contributed by atoms with Gasteiger partial charge in [-0.15, -0.1) is 0 Å². The molecule has 1 aliphatic heterocycles. The van der Waals surface area contributed by atoms with Crippen LogP contribution in [0.4, 0.5) is 0 Å². The van der Waals surface area contributed by atoms with Gasteiger partial charge in [0.25, 0.3) is 0 Å². The number of rotatable bonds is 5. The van der Waals surface area contributed by atoms with Gasteiger partial charge >= 0.3 is 0 Å². The van der Waals surface area contributed by atoms with Crippen molar-refractivity contribution in [2.75, 3.05) is 19.7 Å². The standard InChI is InChI=1S/C14H28N2O/c1-11(2)15-13(10-17)9-16-8-4-6-12-5-3-7-14(12)16/h11-15,17H,3-10H2,1-2H3. The maximum absolute atomic E-state index is 9.46. The quantitative estimate of drug-likeness (QED) is 0.766. The first kappa shape index (κ1) is 13.3. The van der Waals surface area contributed by atoms with Crippen LogP contribution in [0.25, 0.3) is 0 Å². The molecule has 2 aliphatic rings. The molecule has 0 spiro atoms. The van der Waals surface area contributed by atoms with E-state index in [2.05, 4.69) is 24.1 Å². The Balaban J connectivity index is 1.87. The van der Waals surface area contributed by atoms with Crippen molar-refractivity contribution >= 4 is 0 Å². The molecule has 2 fully saturated rings. The third kappa shape index (κ3) is 3.43. The second-order valence-electron chi connectivity index (χ2n) is 6.10. The van der Waals surface area contributed by atoms with E-state index in [-0.39, 0.29) is 12.6 Å². The molecule has 3 atom stereocenters. The average Bonchev–Trinajstić information content (AvgIpc) is 2.76. The van der Waals surface area contributed by atoms with Crippen molar-refractivity contribution in [2.24, 2.45) is 5.92 Å². The van der Waals surface area contributed by atoms with E-state index in [4.69, 9.17) is 0 Å². The van der Waals surface area contributed by atoms with Gasteiger partial charge in [0.2, 0.25) is 0 Å². The lowest BCUT2D eigenvalue weighted by molar-refractivity contribution is 0.0862. The molecule has 0 aromatic heterocycles. The van der Waals surface area contributed by atoms with Crippen molar-refractivity contribution in [3.8, 4) is 0 Å². The summed E-state index contributed by atoms with van der Waals surface area (Å²) < 4.78 is 0. The van der Waals surface area contributed by atoms with E-state index in [0.717, 1.165) is 18.5 Å². The first-order valence-corrected chi connectivity index (χ1v) is 7.31. The van der Waals surface area contributed by atoms with Crippen molar-refractivity contribution in [3.05, 3.63) is 0 Å². The van der Waals surface area contributed by atoms with Crippen molar-refractivity contribution < 1.29 is 5.11 Å². The summed E-state index contributed by atoms with van der Waals surface area (Å²) in [4.78, 5) is 2.64. The van der Waals surface area contributed by atoms with Crippen LogP contribution >= 0.6 is 0 Å². The van der Waals surface area contributed by atoms with Gasteiger partial charge in [-0.2, -0.15) is 0 Å². The number of nitrogens with zero attached hydrogens (tertiary/aromatic N) is 1. The summed E-state index contributed by atoms with van der Waals surface area (Å²) in [6.45, 7) is 6.81. The van der Waals surface area contributed by atoms with Gasteiger partial charge in [-0.25, -0.2) is 0 Å². The third-order valence-corrected chi connectivity index (χ3v) is 4.35. The zero-order valence-corrected chi connectivity index (χ0v) is 11.4. The van der Waals surface area contributed by atoms with E-state index < -0.39 is 0 Å². The minimum atomic E-state index is 0.245. The molecule has 17 heavy (non-hydrogen) atoms. The van der Waals surface area contributed by atoms with Gasteiger partial charge in [0.15, 0.2) is 0 Å². The van der Waals surface area contributed by atoms with Gasteiger partial charge in [-0.1, -0.05) is 20.3 Å². The van der Waals surface area contributed by atoms with E-state index in [9.17, 15) is 5.11 Å². The summed E-state index contributed by atoms with van der Waals surface area (Å²) in [6.07, 6.45) is 7.00. The number of fused-ring (bicyclic) bond motifs is 1. The first-order chi connectivity index (χ1) is 8.20. The molecule has 2 N–H and O–H groups in total. The average molecular weight is 240 g/mol. The van der Waals surface area contributed by atoms with E-state index in [0.29, 0.717) is 6.04 Å². The zero-order valence-electron chi connectivity index (χ0n) is 11.4. The van der Waals surface area contributed by atoms with E-state index >= 15 is 0 Å². The lowest BCUT2D eigenvalue weighted by Crippen LogP contribution is -2.51. The molecule has 1 saturated carbocycles. The zero-order chi connectivity index (χ0) is 12.3.